The zero-order valence-electron chi connectivity index (χ0n) is 39.0. The van der Waals surface area contributed by atoms with Crippen LogP contribution in [-0.4, -0.2) is 92.8 Å². The van der Waals surface area contributed by atoms with Crippen LogP contribution in [0.1, 0.15) is 113 Å². The second-order valence-corrected chi connectivity index (χ2v) is 13.3. The summed E-state index contributed by atoms with van der Waals surface area (Å²) in [6.45, 7) is 26.9. The summed E-state index contributed by atoms with van der Waals surface area (Å²) < 4.78 is 5.05. The van der Waals surface area contributed by atoms with E-state index in [1.54, 1.807) is 18.8 Å². The second kappa shape index (κ2) is 60.6. The van der Waals surface area contributed by atoms with Gasteiger partial charge in [-0.25, -0.2) is 4.79 Å². The third kappa shape index (κ3) is 55.1. The molecule has 13 heteroatoms. The van der Waals surface area contributed by atoms with Gasteiger partial charge in [0.15, 0.2) is 0 Å². The van der Waals surface area contributed by atoms with Gasteiger partial charge in [0.2, 0.25) is 5.91 Å². The van der Waals surface area contributed by atoms with Crippen LogP contribution in [0.5, 0.6) is 0 Å². The number of nitrogens with zero attached hydrogens (tertiary/aromatic N) is 2. The summed E-state index contributed by atoms with van der Waals surface area (Å²) in [6, 6.07) is -0.201. The highest BCUT2D eigenvalue weighted by molar-refractivity contribution is 8.02. The predicted molar refractivity (Wildman–Crippen MR) is 260 cm³/mol. The van der Waals surface area contributed by atoms with Gasteiger partial charge in [0, 0.05) is 25.8 Å². The highest BCUT2D eigenvalue weighted by atomic mass is 32.2. The minimum Gasteiger partial charge on any atom is -0.444 e. The normalized spacial score (nSPS) is 12.6. The van der Waals surface area contributed by atoms with Crippen LogP contribution in [0.3, 0.4) is 0 Å². The maximum absolute atomic E-state index is 11.9. The van der Waals surface area contributed by atoms with Crippen molar-refractivity contribution in [2.24, 2.45) is 17.4 Å². The number of ether oxygens (including phenoxy) is 1. The lowest BCUT2D eigenvalue weighted by Crippen LogP contribution is -2.43. The maximum Gasteiger partial charge on any atom is 0.407 e. The number of carbonyl (C=O) groups is 2. The first-order valence-corrected chi connectivity index (χ1v) is 22.9. The van der Waals surface area contributed by atoms with E-state index in [0.717, 1.165) is 43.0 Å². The number of aliphatic hydroxyl groups is 1. The summed E-state index contributed by atoms with van der Waals surface area (Å²) >= 11 is 3.26. The molecule has 8 N–H and O–H groups in total. The van der Waals surface area contributed by atoms with Crippen LogP contribution in [0.4, 0.5) is 4.79 Å². The van der Waals surface area contributed by atoms with Gasteiger partial charge >= 0.3 is 6.09 Å². The molecule has 0 spiro atoms. The number of nitrogens with one attached hydrogen (secondary N) is 3. The van der Waals surface area contributed by atoms with Crippen molar-refractivity contribution < 1.29 is 19.4 Å². The fourth-order valence-electron chi connectivity index (χ4n) is 3.56. The molecule has 1 aliphatic carbocycles. The first-order valence-electron chi connectivity index (χ1n) is 21.0. The van der Waals surface area contributed by atoms with Gasteiger partial charge in [-0.2, -0.15) is 0 Å². The summed E-state index contributed by atoms with van der Waals surface area (Å²) in [4.78, 5) is 30.0. The molecule has 11 nitrogen and oxygen atoms in total. The topological polar surface area (TPSA) is 168 Å². The number of alkyl carbamates (subject to hydrolysis) is 1. The molecule has 1 aliphatic rings. The lowest BCUT2D eigenvalue weighted by Gasteiger charge is -2.15. The van der Waals surface area contributed by atoms with Gasteiger partial charge in [0.1, 0.15) is 6.61 Å². The third-order valence-electron chi connectivity index (χ3n) is 6.60. The van der Waals surface area contributed by atoms with Gasteiger partial charge in [-0.15, -0.1) is 23.1 Å². The van der Waals surface area contributed by atoms with Crippen LogP contribution in [0.15, 0.2) is 84.0 Å². The Kier molecular flexibility index (Phi) is 69.8. The average molecular weight is 856 g/mol. The van der Waals surface area contributed by atoms with Gasteiger partial charge in [0.05, 0.1) is 23.2 Å². The van der Waals surface area contributed by atoms with Crippen LogP contribution in [0.2, 0.25) is 0 Å². The summed E-state index contributed by atoms with van der Waals surface area (Å²) in [6.07, 6.45) is 25.3. The number of carbonyl (C=O) groups excluding carboxylic acids is 2. The van der Waals surface area contributed by atoms with Crippen LogP contribution >= 0.6 is 23.1 Å². The van der Waals surface area contributed by atoms with Crippen molar-refractivity contribution in [3.63, 3.8) is 0 Å². The molecule has 0 saturated carbocycles. The third-order valence-corrected chi connectivity index (χ3v) is 8.39. The number of rotatable bonds is 20. The van der Waals surface area contributed by atoms with E-state index >= 15 is 0 Å². The lowest BCUT2D eigenvalue weighted by molar-refractivity contribution is -0.123. The lowest BCUT2D eigenvalue weighted by atomic mass is 10.0. The molecular weight excluding hydrogens is 767 g/mol. The number of likely N-dealkylation sites (N-methyl/N-ethyl adjacent to an activating group) is 2. The molecule has 0 fully saturated rings. The Bertz CT molecular complexity index is 1110. The Morgan fingerprint density at radius 2 is 1.76 bits per heavy atom. The molecule has 0 radical (unpaired) electrons. The number of allylic oxidation sites excluding steroid dienone is 9. The van der Waals surface area contributed by atoms with Crippen molar-refractivity contribution in [3.8, 4) is 0 Å². The van der Waals surface area contributed by atoms with E-state index in [4.69, 9.17) is 15.6 Å². The van der Waals surface area contributed by atoms with Crippen molar-refractivity contribution in [1.82, 2.24) is 25.8 Å². The molecule has 2 rings (SSSR count). The first-order chi connectivity index (χ1) is 28.2. The van der Waals surface area contributed by atoms with Crippen LogP contribution < -0.4 is 27.4 Å². The Morgan fingerprint density at radius 3 is 2.21 bits per heavy atom. The molecule has 0 bridgehead atoms. The molecule has 0 saturated heterocycles. The summed E-state index contributed by atoms with van der Waals surface area (Å²) in [7, 11) is 5.15. The predicted octanol–water partition coefficient (Wildman–Crippen LogP) is 9.60. The molecule has 0 aromatic carbocycles. The molecule has 2 amide bonds. The first kappa shape index (κ1) is 66.8. The molecule has 1 aromatic heterocycles. The Morgan fingerprint density at radius 1 is 1.12 bits per heavy atom. The quantitative estimate of drug-likeness (QED) is 0.0422. The van der Waals surface area contributed by atoms with E-state index < -0.39 is 6.09 Å². The molecule has 1 heterocycles. The molecule has 1 aromatic rings. The van der Waals surface area contributed by atoms with Crippen LogP contribution in [0, 0.1) is 5.92 Å². The highest BCUT2D eigenvalue weighted by Crippen LogP contribution is 2.08. The van der Waals surface area contributed by atoms with Gasteiger partial charge < -0.3 is 37.3 Å². The molecule has 2 atom stereocenters. The largest absolute Gasteiger partial charge is 0.444 e. The Hall–Kier alpha value is -3.04. The van der Waals surface area contributed by atoms with Crippen LogP contribution in [0.25, 0.3) is 0 Å². The molecular formula is C45H89N7O4S2. The van der Waals surface area contributed by atoms with Crippen LogP contribution in [-0.2, 0) is 16.1 Å². The fourth-order valence-corrected chi connectivity index (χ4v) is 4.66. The maximum atomic E-state index is 11.9. The van der Waals surface area contributed by atoms with E-state index in [-0.39, 0.29) is 25.3 Å². The van der Waals surface area contributed by atoms with Crippen molar-refractivity contribution in [2.75, 3.05) is 59.8 Å². The van der Waals surface area contributed by atoms with Crippen molar-refractivity contribution in [1.29, 1.82) is 0 Å². The molecule has 58 heavy (non-hydrogen) atoms. The van der Waals surface area contributed by atoms with Gasteiger partial charge in [-0.1, -0.05) is 122 Å². The van der Waals surface area contributed by atoms with Crippen molar-refractivity contribution >= 4 is 35.1 Å². The van der Waals surface area contributed by atoms with Crippen molar-refractivity contribution in [3.05, 3.63) is 88.8 Å². The minimum atomic E-state index is -0.440. The molecule has 2 unspecified atom stereocenters. The van der Waals surface area contributed by atoms with Crippen molar-refractivity contribution in [2.45, 2.75) is 120 Å². The van der Waals surface area contributed by atoms with E-state index in [9.17, 15) is 9.59 Å². The number of aliphatic hydroxyl groups excluding tert-OH is 1. The molecule has 340 valence electrons. The standard InChI is InChI=1S/C15H27N5O3S.C8H17NOS.C8H12.C7H10.3C2H6.CH5N/c1-17-13(5-4-6-16)14(21)19-7-2-3-8-20-15(22)23-10-12-9-18-11-24-12;1-3-6-11-7-4-5-9(2)8-10;1-4-6-7-8(3)5-2;1-7-5-3-2-4-6-7;4*1-2/h9,11,13,17H,2-8,10,16H2,1H3,(H,19,21)(H,20,22);4,7,10H,3,5-6,8H2,1-2H3;4-7H,2H2,1,3H3;2-5,7H,6H2,1H3;3*1-2H3;2H2,1H3/b;7-4+;6-4-,8-7-;;;;;. The number of thiazole rings is 1. The van der Waals surface area contributed by atoms with Gasteiger partial charge in [-0.05, 0) is 97.1 Å². The number of nitrogens with two attached hydrogens (primary N) is 2. The zero-order valence-corrected chi connectivity index (χ0v) is 40.7. The number of aromatic nitrogens is 1. The van der Waals surface area contributed by atoms with Gasteiger partial charge in [-0.3, -0.25) is 14.7 Å². The number of unbranched alkanes of at least 4 members (excludes halogenated alkanes) is 1. The number of thioether (sulfide) groups is 1. The number of hydrogen-bond acceptors (Lipinski definition) is 11. The fraction of sp³-hybridized carbons (Fsp3) is 0.622. The summed E-state index contributed by atoms with van der Waals surface area (Å²) in [5.74, 6) is 1.94. The second-order valence-electron chi connectivity index (χ2n) is 11.3. The highest BCUT2D eigenvalue weighted by Gasteiger charge is 2.14. The van der Waals surface area contributed by atoms with E-state index in [1.165, 1.54) is 42.6 Å². The molecule has 0 aliphatic heterocycles. The summed E-state index contributed by atoms with van der Waals surface area (Å²) in [5.41, 5.74) is 12.8. The number of amides is 2. The van der Waals surface area contributed by atoms with Gasteiger partial charge in [0.25, 0.3) is 0 Å². The number of hydrogen-bond donors (Lipinski definition) is 6. The average Bonchev–Trinajstić information content (AvgIpc) is 3.81. The minimum absolute atomic E-state index is 0.0112. The van der Waals surface area contributed by atoms with E-state index in [1.807, 2.05) is 103 Å². The Labute approximate surface area is 365 Å². The monoisotopic (exact) mass is 856 g/mol. The Balaban J connectivity index is -0.000000165. The smallest absolute Gasteiger partial charge is 0.407 e. The van der Waals surface area contributed by atoms with E-state index in [2.05, 4.69) is 82.9 Å². The van der Waals surface area contributed by atoms with E-state index in [0.29, 0.717) is 19.6 Å². The zero-order chi connectivity index (χ0) is 45.7. The SMILES string of the molecule is C=C/C(C)=C\C=C/C.CC.CC.CC.CC1C=CC=CC1.CCCS/C=C/CN(C)CO.CN.CNC(CCCN)C(=O)NCCCCNC(=O)OCc1cncs1. The summed E-state index contributed by atoms with van der Waals surface area (Å²) in [5, 5.41) is 19.3.